The van der Waals surface area contributed by atoms with E-state index in [1.165, 1.54) is 6.20 Å². The maximum atomic E-state index is 12.1. The second-order valence-corrected chi connectivity index (χ2v) is 11.9. The molecule has 1 unspecified atom stereocenters. The first-order valence-corrected chi connectivity index (χ1v) is 16.0. The van der Waals surface area contributed by atoms with Gasteiger partial charge in [0.15, 0.2) is 11.5 Å². The SMILES string of the molecule is Cc1c(COc2cc(OCc3cncc(C#N)c3)c(CNC(Cc3cccnc3)C(=O)O)cc2Cl)cccc1-c1ccc2c(c1)OCCO2. The Hall–Kier alpha value is -5.63. The molecule has 3 heterocycles. The second-order valence-electron chi connectivity index (χ2n) is 11.4. The predicted molar refractivity (Wildman–Crippen MR) is 183 cm³/mol. The van der Waals surface area contributed by atoms with Gasteiger partial charge in [0.2, 0.25) is 0 Å². The molecule has 49 heavy (non-hydrogen) atoms. The monoisotopic (exact) mass is 676 g/mol. The number of nitriles is 1. The number of aromatic nitrogens is 2. The smallest absolute Gasteiger partial charge is 0.321 e. The molecule has 0 amide bonds. The molecule has 1 aliphatic heterocycles. The van der Waals surface area contributed by atoms with E-state index < -0.39 is 12.0 Å². The van der Waals surface area contributed by atoms with Crippen LogP contribution in [-0.4, -0.2) is 40.3 Å². The number of rotatable bonds is 13. The molecule has 0 aliphatic carbocycles. The average Bonchev–Trinajstić information content (AvgIpc) is 3.13. The summed E-state index contributed by atoms with van der Waals surface area (Å²) in [7, 11) is 0. The van der Waals surface area contributed by atoms with E-state index in [1.54, 1.807) is 42.9 Å². The van der Waals surface area contributed by atoms with Crippen molar-refractivity contribution < 1.29 is 28.8 Å². The Morgan fingerprint density at radius 1 is 0.939 bits per heavy atom. The Kier molecular flexibility index (Phi) is 10.5. The zero-order valence-corrected chi connectivity index (χ0v) is 27.4. The van der Waals surface area contributed by atoms with Gasteiger partial charge in [-0.15, -0.1) is 0 Å². The summed E-state index contributed by atoms with van der Waals surface area (Å²) in [6.07, 6.45) is 6.63. The fourth-order valence-corrected chi connectivity index (χ4v) is 5.74. The van der Waals surface area contributed by atoms with Gasteiger partial charge in [-0.1, -0.05) is 41.9 Å². The number of aliphatic carboxylic acids is 1. The van der Waals surface area contributed by atoms with Crippen LogP contribution < -0.4 is 24.3 Å². The number of pyridine rings is 2. The quantitative estimate of drug-likeness (QED) is 0.139. The molecule has 0 fully saturated rings. The minimum Gasteiger partial charge on any atom is -0.488 e. The fraction of sp³-hybridized carbons (Fsp3) is 0.211. The first-order valence-electron chi connectivity index (χ1n) is 15.6. The molecular weight excluding hydrogens is 644 g/mol. The number of hydrogen-bond acceptors (Lipinski definition) is 9. The molecule has 0 saturated heterocycles. The lowest BCUT2D eigenvalue weighted by Crippen LogP contribution is -2.38. The molecule has 0 bridgehead atoms. The van der Waals surface area contributed by atoms with Crippen molar-refractivity contribution in [3.8, 4) is 40.2 Å². The van der Waals surface area contributed by atoms with Gasteiger partial charge in [-0.2, -0.15) is 5.26 Å². The molecule has 0 spiro atoms. The molecule has 2 N–H and O–H groups in total. The van der Waals surface area contributed by atoms with Crippen LogP contribution in [0.4, 0.5) is 0 Å². The van der Waals surface area contributed by atoms with Crippen LogP contribution in [0.3, 0.4) is 0 Å². The van der Waals surface area contributed by atoms with Gasteiger partial charge in [-0.05, 0) is 71.5 Å². The maximum absolute atomic E-state index is 12.1. The molecule has 11 heteroatoms. The number of ether oxygens (including phenoxy) is 4. The van der Waals surface area contributed by atoms with Crippen LogP contribution in [0.5, 0.6) is 23.0 Å². The van der Waals surface area contributed by atoms with Crippen molar-refractivity contribution in [3.63, 3.8) is 0 Å². The van der Waals surface area contributed by atoms with Crippen molar-refractivity contribution >= 4 is 17.6 Å². The van der Waals surface area contributed by atoms with Crippen molar-refractivity contribution in [3.05, 3.63) is 130 Å². The van der Waals surface area contributed by atoms with Gasteiger partial charge in [0, 0.05) is 48.5 Å². The van der Waals surface area contributed by atoms with Crippen LogP contribution in [0.25, 0.3) is 11.1 Å². The van der Waals surface area contributed by atoms with Crippen molar-refractivity contribution in [1.82, 2.24) is 15.3 Å². The van der Waals surface area contributed by atoms with Crippen LogP contribution in [-0.2, 0) is 31.0 Å². The highest BCUT2D eigenvalue weighted by molar-refractivity contribution is 6.32. The van der Waals surface area contributed by atoms with Crippen LogP contribution in [0, 0.1) is 18.3 Å². The zero-order chi connectivity index (χ0) is 34.2. The van der Waals surface area contributed by atoms with Gasteiger partial charge < -0.3 is 24.1 Å². The maximum Gasteiger partial charge on any atom is 0.321 e. The number of nitrogens with zero attached hydrogens (tertiary/aromatic N) is 3. The minimum absolute atomic E-state index is 0.116. The highest BCUT2D eigenvalue weighted by atomic mass is 35.5. The van der Waals surface area contributed by atoms with Crippen LogP contribution in [0.1, 0.15) is 33.4 Å². The number of benzene rings is 3. The van der Waals surface area contributed by atoms with Crippen LogP contribution in [0.2, 0.25) is 5.02 Å². The molecule has 3 aromatic carbocycles. The summed E-state index contributed by atoms with van der Waals surface area (Å²) in [5.74, 6) is 1.31. The molecule has 2 aromatic heterocycles. The predicted octanol–water partition coefficient (Wildman–Crippen LogP) is 6.69. The van der Waals surface area contributed by atoms with Crippen molar-refractivity contribution in [2.75, 3.05) is 13.2 Å². The third kappa shape index (κ3) is 8.27. The van der Waals surface area contributed by atoms with Crippen molar-refractivity contribution in [1.29, 1.82) is 5.26 Å². The van der Waals surface area contributed by atoms with Gasteiger partial charge >= 0.3 is 5.97 Å². The lowest BCUT2D eigenvalue weighted by molar-refractivity contribution is -0.139. The molecule has 0 radical (unpaired) electrons. The molecule has 1 atom stereocenters. The van der Waals surface area contributed by atoms with E-state index >= 15 is 0 Å². The fourth-order valence-electron chi connectivity index (χ4n) is 5.50. The third-order valence-electron chi connectivity index (χ3n) is 8.12. The summed E-state index contributed by atoms with van der Waals surface area (Å²) in [5, 5.41) is 22.7. The number of carboxylic acids is 1. The number of carboxylic acid groups (broad SMARTS) is 1. The number of halogens is 1. The Morgan fingerprint density at radius 2 is 1.76 bits per heavy atom. The van der Waals surface area contributed by atoms with E-state index in [0.717, 1.165) is 39.3 Å². The number of nitrogens with one attached hydrogen (secondary N) is 1. The van der Waals surface area contributed by atoms with Gasteiger partial charge in [0.25, 0.3) is 0 Å². The summed E-state index contributed by atoms with van der Waals surface area (Å²) in [6, 6.07) is 21.9. The Balaban J connectivity index is 1.23. The topological polar surface area (TPSA) is 136 Å². The van der Waals surface area contributed by atoms with Crippen molar-refractivity contribution in [2.24, 2.45) is 0 Å². The van der Waals surface area contributed by atoms with Crippen LogP contribution in [0.15, 0.2) is 91.5 Å². The molecule has 5 aromatic rings. The molecule has 6 rings (SSSR count). The highest BCUT2D eigenvalue weighted by Crippen LogP contribution is 2.37. The summed E-state index contributed by atoms with van der Waals surface area (Å²) in [6.45, 7) is 3.60. The van der Waals surface area contributed by atoms with Gasteiger partial charge in [0.1, 0.15) is 50.0 Å². The highest BCUT2D eigenvalue weighted by Gasteiger charge is 2.20. The molecule has 0 saturated carbocycles. The second kappa shape index (κ2) is 15.5. The largest absolute Gasteiger partial charge is 0.488 e. The van der Waals surface area contributed by atoms with Crippen LogP contribution >= 0.6 is 11.6 Å². The Morgan fingerprint density at radius 3 is 2.55 bits per heavy atom. The Labute approximate surface area is 288 Å². The first-order chi connectivity index (χ1) is 23.9. The normalized spacial score (nSPS) is 12.5. The van der Waals surface area contributed by atoms with Crippen molar-refractivity contribution in [2.45, 2.75) is 39.1 Å². The summed E-state index contributed by atoms with van der Waals surface area (Å²) >= 11 is 6.76. The molecule has 248 valence electrons. The molecular formula is C38H33ClN4O6. The lowest BCUT2D eigenvalue weighted by atomic mass is 9.96. The van der Waals surface area contributed by atoms with E-state index in [1.807, 2.05) is 43.3 Å². The van der Waals surface area contributed by atoms with E-state index in [4.69, 9.17) is 30.5 Å². The Bertz CT molecular complexity index is 2000. The van der Waals surface area contributed by atoms with E-state index in [9.17, 15) is 15.2 Å². The summed E-state index contributed by atoms with van der Waals surface area (Å²) in [5.41, 5.74) is 6.60. The van der Waals surface area contributed by atoms with Gasteiger partial charge in [-0.25, -0.2) is 0 Å². The summed E-state index contributed by atoms with van der Waals surface area (Å²) < 4.78 is 24.0. The third-order valence-corrected chi connectivity index (χ3v) is 8.41. The first kappa shape index (κ1) is 33.3. The number of fused-ring (bicyclic) bond motifs is 1. The summed E-state index contributed by atoms with van der Waals surface area (Å²) in [4.78, 5) is 20.3. The van der Waals surface area contributed by atoms with E-state index in [2.05, 4.69) is 27.4 Å². The van der Waals surface area contributed by atoms with E-state index in [0.29, 0.717) is 46.4 Å². The van der Waals surface area contributed by atoms with Gasteiger partial charge in [-0.3, -0.25) is 20.1 Å². The molecule has 1 aliphatic rings. The number of carbonyl (C=O) groups is 1. The lowest BCUT2D eigenvalue weighted by Gasteiger charge is -2.20. The van der Waals surface area contributed by atoms with Gasteiger partial charge in [0.05, 0.1) is 10.6 Å². The zero-order valence-electron chi connectivity index (χ0n) is 26.7. The molecule has 10 nitrogen and oxygen atoms in total. The minimum atomic E-state index is -0.995. The average molecular weight is 677 g/mol. The number of hydrogen-bond donors (Lipinski definition) is 2. The standard InChI is InChI=1S/C38H33ClN4O6/c1-24-29(5-2-6-31(24)28-7-8-34-37(15-28)47-11-10-46-34)23-49-36-16-35(48-22-27-12-26(17-40)19-42-20-27)30(14-32(36)39)21-43-33(38(44)45)13-25-4-3-9-41-18-25/h2-9,12,14-16,18-20,33,43H,10-11,13,21-23H2,1H3,(H,44,45). The van der Waals surface area contributed by atoms with E-state index in [-0.39, 0.29) is 26.2 Å².